The van der Waals surface area contributed by atoms with Crippen molar-refractivity contribution in [3.63, 3.8) is 0 Å². The fourth-order valence-corrected chi connectivity index (χ4v) is 11.3. The lowest BCUT2D eigenvalue weighted by Crippen LogP contribution is -2.63. The van der Waals surface area contributed by atoms with E-state index in [2.05, 4.69) is 31.4 Å². The number of rotatable bonds is 4. The summed E-state index contributed by atoms with van der Waals surface area (Å²) < 4.78 is 17.6. The van der Waals surface area contributed by atoms with Crippen LogP contribution in [-0.4, -0.2) is 48.7 Å². The van der Waals surface area contributed by atoms with Crippen molar-refractivity contribution in [1.29, 1.82) is 0 Å². The van der Waals surface area contributed by atoms with Crippen molar-refractivity contribution in [2.24, 2.45) is 46.3 Å². The number of hydrogen-bond donors (Lipinski definition) is 3. The van der Waals surface area contributed by atoms with Gasteiger partial charge in [0.1, 0.15) is 12.2 Å². The second-order valence-electron chi connectivity index (χ2n) is 17.4. The number of aliphatic hydroxyl groups excluding tert-OH is 1. The first-order valence-electron chi connectivity index (χ1n) is 18.3. The molecule has 1 aromatic rings. The minimum atomic E-state index is -0.732. The van der Waals surface area contributed by atoms with Crippen molar-refractivity contribution in [2.75, 3.05) is 7.11 Å². The van der Waals surface area contributed by atoms with E-state index in [1.807, 2.05) is 52.0 Å². The van der Waals surface area contributed by atoms with Gasteiger partial charge in [-0.25, -0.2) is 9.59 Å². The Bertz CT molecular complexity index is 1410. The molecule has 4 fully saturated rings. The molecule has 6 rings (SSSR count). The van der Waals surface area contributed by atoms with E-state index < -0.39 is 29.4 Å². The van der Waals surface area contributed by atoms with Gasteiger partial charge in [-0.2, -0.15) is 0 Å². The number of ether oxygens (including phenoxy) is 3. The molecule has 48 heavy (non-hydrogen) atoms. The van der Waals surface area contributed by atoms with Crippen LogP contribution in [0.5, 0.6) is 0 Å². The van der Waals surface area contributed by atoms with Crippen LogP contribution < -0.4 is 10.6 Å². The number of methoxy groups -OCH3 is 1. The van der Waals surface area contributed by atoms with E-state index in [0.717, 1.165) is 43.2 Å². The molecule has 1 heterocycles. The molecule has 3 N–H and O–H groups in total. The number of fused-ring (bicyclic) bond motifs is 9. The van der Waals surface area contributed by atoms with Gasteiger partial charge in [0, 0.05) is 12.3 Å². The lowest BCUT2D eigenvalue weighted by Gasteiger charge is -2.64. The summed E-state index contributed by atoms with van der Waals surface area (Å²) >= 11 is 0. The second kappa shape index (κ2) is 12.5. The number of benzene rings is 1. The van der Waals surface area contributed by atoms with Crippen LogP contribution in [0.25, 0.3) is 0 Å². The minimum absolute atomic E-state index is 0.0738. The third-order valence-electron chi connectivity index (χ3n) is 14.2. The Morgan fingerprint density at radius 1 is 0.938 bits per heavy atom. The molecule has 2 amide bonds. The molecule has 4 saturated carbocycles. The molecule has 0 spiro atoms. The van der Waals surface area contributed by atoms with Crippen molar-refractivity contribution in [1.82, 2.24) is 10.6 Å². The quantitative estimate of drug-likeness (QED) is 0.230. The predicted molar refractivity (Wildman–Crippen MR) is 182 cm³/mol. The molecule has 5 aliphatic rings. The molecule has 9 nitrogen and oxygen atoms in total. The first-order chi connectivity index (χ1) is 22.5. The largest absolute Gasteiger partial charge is 0.469 e. The molecule has 0 aromatic heterocycles. The van der Waals surface area contributed by atoms with Gasteiger partial charge in [-0.1, -0.05) is 45.0 Å². The monoisotopic (exact) mass is 666 g/mol. The first-order valence-corrected chi connectivity index (χ1v) is 18.3. The molecule has 4 aliphatic carbocycles. The van der Waals surface area contributed by atoms with Crippen LogP contribution in [0.2, 0.25) is 0 Å². The SMILES string of the molecule is COC(=O)CC[C@@H](C)[C@H]1CC[C@H]2[C@@H]3[C@H]4C[C@@H]5C[C@@H](CC[C@]5(C)[C@H]3C[C@H](O)[C@]12C)OC(=O)NC(C)(C)c1cccc(c1)C(C)(C)NC(=O)O4. The van der Waals surface area contributed by atoms with Gasteiger partial charge in [0.25, 0.3) is 0 Å². The van der Waals surface area contributed by atoms with E-state index in [-0.39, 0.29) is 64.5 Å². The Hall–Kier alpha value is -2.81. The van der Waals surface area contributed by atoms with E-state index >= 15 is 0 Å². The zero-order chi connectivity index (χ0) is 34.8. The molecule has 11 atom stereocenters. The third kappa shape index (κ3) is 6.00. The smallest absolute Gasteiger partial charge is 0.408 e. The average molecular weight is 667 g/mol. The molecule has 0 radical (unpaired) electrons. The summed E-state index contributed by atoms with van der Waals surface area (Å²) in [7, 11) is 1.43. The number of hydrogen-bond acceptors (Lipinski definition) is 7. The van der Waals surface area contributed by atoms with E-state index in [9.17, 15) is 19.5 Å². The van der Waals surface area contributed by atoms with E-state index in [4.69, 9.17) is 14.2 Å². The Kier molecular flexibility index (Phi) is 9.13. The molecule has 0 saturated heterocycles. The zero-order valence-corrected chi connectivity index (χ0v) is 30.3. The molecule has 0 unspecified atom stereocenters. The van der Waals surface area contributed by atoms with Crippen LogP contribution in [0, 0.1) is 46.3 Å². The Labute approximate surface area is 286 Å². The molecule has 266 valence electrons. The standard InChI is InChI=1S/C39H58N2O7/c1-22(12-15-32(43)46-8)27-13-14-28-33-29(21-31(42)39(27,28)7)38(6)17-16-26-19-25(38)20-30(33)48-35(45)41-37(4,5)24-11-9-10-23(18-24)36(2,3)40-34(44)47-26/h9-11,18,22,25-31,33,42H,12-17,19-21H2,1-8H3,(H,40,44)(H,41,45)/t22-,25+,26-,27-,28+,29+,30-,31+,33+,38+,39-/m1/s1. The highest BCUT2D eigenvalue weighted by Gasteiger charge is 2.66. The molecular weight excluding hydrogens is 608 g/mol. The van der Waals surface area contributed by atoms with Gasteiger partial charge in [-0.15, -0.1) is 0 Å². The van der Waals surface area contributed by atoms with Crippen molar-refractivity contribution in [2.45, 2.75) is 136 Å². The van der Waals surface area contributed by atoms with Crippen LogP contribution >= 0.6 is 0 Å². The van der Waals surface area contributed by atoms with Gasteiger partial charge in [0.15, 0.2) is 0 Å². The normalized spacial score (nSPS) is 40.6. The summed E-state index contributed by atoms with van der Waals surface area (Å²) in [6.07, 6.45) is 4.90. The maximum Gasteiger partial charge on any atom is 0.408 e. The van der Waals surface area contributed by atoms with Crippen LogP contribution in [0.3, 0.4) is 0 Å². The molecule has 9 heteroatoms. The maximum absolute atomic E-state index is 13.9. The number of carbonyl (C=O) groups is 3. The Morgan fingerprint density at radius 3 is 2.23 bits per heavy atom. The highest BCUT2D eigenvalue weighted by Crippen LogP contribution is 2.69. The van der Waals surface area contributed by atoms with Crippen LogP contribution in [-0.2, 0) is 30.1 Å². The van der Waals surface area contributed by atoms with Gasteiger partial charge in [-0.05, 0) is 131 Å². The summed E-state index contributed by atoms with van der Waals surface area (Å²) in [4.78, 5) is 39.3. The fourth-order valence-electron chi connectivity index (χ4n) is 11.3. The summed E-state index contributed by atoms with van der Waals surface area (Å²) in [5, 5.41) is 18.4. The highest BCUT2D eigenvalue weighted by molar-refractivity contribution is 5.70. The maximum atomic E-state index is 13.9. The van der Waals surface area contributed by atoms with Crippen LogP contribution in [0.15, 0.2) is 24.3 Å². The lowest BCUT2D eigenvalue weighted by atomic mass is 9.43. The molecular formula is C39H58N2O7. The van der Waals surface area contributed by atoms with Crippen molar-refractivity contribution in [3.05, 3.63) is 35.4 Å². The number of alkyl carbamates (subject to hydrolysis) is 2. The predicted octanol–water partition coefficient (Wildman–Crippen LogP) is 7.19. The molecule has 1 aliphatic heterocycles. The summed E-state index contributed by atoms with van der Waals surface area (Å²) in [6.45, 7) is 14.7. The summed E-state index contributed by atoms with van der Waals surface area (Å²) in [5.74, 6) is 0.948. The third-order valence-corrected chi connectivity index (χ3v) is 14.2. The number of esters is 1. The number of nitrogens with one attached hydrogen (secondary N) is 2. The minimum Gasteiger partial charge on any atom is -0.469 e. The van der Waals surface area contributed by atoms with Crippen molar-refractivity contribution < 1.29 is 33.7 Å². The fraction of sp³-hybridized carbons (Fsp3) is 0.769. The van der Waals surface area contributed by atoms with Gasteiger partial charge >= 0.3 is 18.2 Å². The summed E-state index contributed by atoms with van der Waals surface area (Å²) in [5.41, 5.74) is -0.0147. The second-order valence-corrected chi connectivity index (χ2v) is 17.4. The molecule has 5 bridgehead atoms. The van der Waals surface area contributed by atoms with Crippen LogP contribution in [0.1, 0.15) is 117 Å². The number of amides is 2. The van der Waals surface area contributed by atoms with Crippen LogP contribution in [0.4, 0.5) is 9.59 Å². The first kappa shape index (κ1) is 35.0. The van der Waals surface area contributed by atoms with E-state index in [0.29, 0.717) is 25.7 Å². The van der Waals surface area contributed by atoms with Crippen molar-refractivity contribution >= 4 is 18.2 Å². The number of carbonyl (C=O) groups excluding carboxylic acids is 3. The Morgan fingerprint density at radius 2 is 1.58 bits per heavy atom. The average Bonchev–Trinajstić information content (AvgIpc) is 3.38. The van der Waals surface area contributed by atoms with E-state index in [1.165, 1.54) is 7.11 Å². The van der Waals surface area contributed by atoms with Gasteiger partial charge in [0.05, 0.1) is 24.3 Å². The lowest BCUT2D eigenvalue weighted by molar-refractivity contribution is -0.207. The van der Waals surface area contributed by atoms with E-state index in [1.54, 1.807) is 0 Å². The zero-order valence-electron chi connectivity index (χ0n) is 30.3. The topological polar surface area (TPSA) is 123 Å². The Balaban J connectivity index is 1.35. The van der Waals surface area contributed by atoms with Crippen molar-refractivity contribution in [3.8, 4) is 0 Å². The highest BCUT2D eigenvalue weighted by atomic mass is 16.6. The molecule has 1 aromatic carbocycles. The summed E-state index contributed by atoms with van der Waals surface area (Å²) in [6, 6.07) is 7.95. The van der Waals surface area contributed by atoms with Gasteiger partial charge in [0.2, 0.25) is 0 Å². The van der Waals surface area contributed by atoms with Gasteiger partial charge < -0.3 is 30.0 Å². The van der Waals surface area contributed by atoms with Gasteiger partial charge in [-0.3, -0.25) is 4.79 Å². The number of aliphatic hydroxyl groups is 1.